The molecule has 0 amide bonds. The summed E-state index contributed by atoms with van der Waals surface area (Å²) in [5.41, 5.74) is 7.88. The maximum Gasteiger partial charge on any atom is 0.332 e. The number of nitrogens with zero attached hydrogens (tertiary/aromatic N) is 1. The van der Waals surface area contributed by atoms with Crippen molar-refractivity contribution < 1.29 is 14.1 Å². The van der Waals surface area contributed by atoms with Crippen LogP contribution in [0.15, 0.2) is 18.2 Å². The van der Waals surface area contributed by atoms with Crippen molar-refractivity contribution in [1.29, 1.82) is 0 Å². The van der Waals surface area contributed by atoms with Gasteiger partial charge < -0.3 is 4.74 Å². The zero-order valence-corrected chi connectivity index (χ0v) is 10.7. The Morgan fingerprint density at radius 2 is 2.29 bits per heavy atom. The van der Waals surface area contributed by atoms with E-state index in [1.807, 2.05) is 29.8 Å². The van der Waals surface area contributed by atoms with Gasteiger partial charge in [-0.1, -0.05) is 6.07 Å². The summed E-state index contributed by atoms with van der Waals surface area (Å²) >= 11 is 1.52. The van der Waals surface area contributed by atoms with E-state index in [4.69, 9.17) is 10.5 Å². The summed E-state index contributed by atoms with van der Waals surface area (Å²) in [7, 11) is 1.93. The van der Waals surface area contributed by atoms with Crippen LogP contribution in [0.25, 0.3) is 10.2 Å². The lowest BCUT2D eigenvalue weighted by atomic mass is 10.1. The van der Waals surface area contributed by atoms with Gasteiger partial charge in [0.05, 0.1) is 24.8 Å². The first kappa shape index (κ1) is 11.9. The van der Waals surface area contributed by atoms with E-state index in [1.165, 1.54) is 11.3 Å². The molecule has 0 bridgehead atoms. The topological polar surface area (TPSA) is 56.2 Å². The molecule has 90 valence electrons. The predicted octanol–water partition coefficient (Wildman–Crippen LogP) is 1.41. The van der Waals surface area contributed by atoms with Gasteiger partial charge in [0.2, 0.25) is 0 Å². The molecule has 4 nitrogen and oxygen atoms in total. The Hall–Kier alpha value is -1.62. The van der Waals surface area contributed by atoms with Gasteiger partial charge in [-0.05, 0) is 36.0 Å². The van der Waals surface area contributed by atoms with Crippen LogP contribution in [0.2, 0.25) is 0 Å². The summed E-state index contributed by atoms with van der Waals surface area (Å²) in [6.07, 6.45) is 0.311. The number of hydrogen-bond acceptors (Lipinski definition) is 4. The molecule has 1 aromatic heterocycles. The minimum atomic E-state index is -0.194. The summed E-state index contributed by atoms with van der Waals surface area (Å²) in [5, 5.41) is 0.758. The van der Waals surface area contributed by atoms with E-state index in [1.54, 1.807) is 6.92 Å². The number of nitrogen functional groups attached to an aromatic ring is 1. The van der Waals surface area contributed by atoms with Crippen molar-refractivity contribution in [1.82, 2.24) is 0 Å². The van der Waals surface area contributed by atoms with Gasteiger partial charge in [-0.15, -0.1) is 0 Å². The van der Waals surface area contributed by atoms with Crippen molar-refractivity contribution in [3.05, 3.63) is 23.8 Å². The number of rotatable bonds is 3. The fraction of sp³-hybridized carbons (Fsp3) is 0.333. The average Bonchev–Trinajstić information content (AvgIpc) is 2.55. The molecule has 0 atom stereocenters. The fourth-order valence-corrected chi connectivity index (χ4v) is 2.69. The summed E-state index contributed by atoms with van der Waals surface area (Å²) in [4.78, 5) is 11.4. The van der Waals surface area contributed by atoms with E-state index in [2.05, 4.69) is 0 Å². The number of esters is 1. The van der Waals surface area contributed by atoms with Crippen LogP contribution in [0.4, 0.5) is 5.13 Å². The first-order valence-electron chi connectivity index (χ1n) is 5.44. The number of ether oxygens (including phenoxy) is 1. The highest BCUT2D eigenvalue weighted by atomic mass is 32.1. The standard InChI is InChI=1S/C12H14N2O2S/c1-3-16-11(15)7-8-4-5-9-10(6-8)17-12(13)14(9)2/h4-6,13H,3,7H2,1-2H3/p+1. The van der Waals surface area contributed by atoms with Crippen LogP contribution < -0.4 is 10.3 Å². The second-order valence-electron chi connectivity index (χ2n) is 3.78. The Kier molecular flexibility index (Phi) is 3.28. The van der Waals surface area contributed by atoms with Crippen molar-refractivity contribution in [2.45, 2.75) is 13.3 Å². The Morgan fingerprint density at radius 1 is 1.53 bits per heavy atom. The third-order valence-corrected chi connectivity index (χ3v) is 3.61. The van der Waals surface area contributed by atoms with Crippen LogP contribution in [-0.4, -0.2) is 12.6 Å². The van der Waals surface area contributed by atoms with Gasteiger partial charge in [-0.3, -0.25) is 10.5 Å². The summed E-state index contributed by atoms with van der Waals surface area (Å²) in [6, 6.07) is 5.91. The normalized spacial score (nSPS) is 10.7. The number of carbonyl (C=O) groups is 1. The molecular formula is C12H15N2O2S+. The van der Waals surface area contributed by atoms with Crippen molar-refractivity contribution in [2.75, 3.05) is 12.3 Å². The van der Waals surface area contributed by atoms with Gasteiger partial charge in [0.15, 0.2) is 0 Å². The molecule has 0 saturated carbocycles. The molecule has 2 rings (SSSR count). The maximum atomic E-state index is 11.4. The minimum Gasteiger partial charge on any atom is -0.466 e. The molecule has 0 radical (unpaired) electrons. The van der Waals surface area contributed by atoms with Gasteiger partial charge in [-0.2, -0.15) is 0 Å². The number of benzene rings is 1. The van der Waals surface area contributed by atoms with E-state index in [9.17, 15) is 4.79 Å². The molecule has 17 heavy (non-hydrogen) atoms. The molecule has 0 aliphatic carbocycles. The fourth-order valence-electron chi connectivity index (χ4n) is 1.71. The highest BCUT2D eigenvalue weighted by Gasteiger charge is 2.12. The lowest BCUT2D eigenvalue weighted by Gasteiger charge is -2.01. The molecule has 5 heteroatoms. The molecule has 2 N–H and O–H groups in total. The molecule has 0 aliphatic rings. The average molecular weight is 251 g/mol. The first-order valence-corrected chi connectivity index (χ1v) is 6.26. The summed E-state index contributed by atoms with van der Waals surface area (Å²) in [5.74, 6) is -0.194. The number of anilines is 1. The first-order chi connectivity index (χ1) is 8.11. The maximum absolute atomic E-state index is 11.4. The smallest absolute Gasteiger partial charge is 0.332 e. The quantitative estimate of drug-likeness (QED) is 0.663. The number of fused-ring (bicyclic) bond motifs is 1. The Bertz CT molecular complexity index is 563. The second-order valence-corrected chi connectivity index (χ2v) is 4.85. The van der Waals surface area contributed by atoms with Crippen molar-refractivity contribution in [2.24, 2.45) is 7.05 Å². The molecule has 1 heterocycles. The van der Waals surface area contributed by atoms with Gasteiger partial charge in [-0.25, -0.2) is 4.57 Å². The number of nitrogens with two attached hydrogens (primary N) is 1. The number of aryl methyl sites for hydroxylation is 1. The molecule has 0 spiro atoms. The Balaban J connectivity index is 2.29. The van der Waals surface area contributed by atoms with Crippen LogP contribution in [0.5, 0.6) is 0 Å². The second kappa shape index (κ2) is 4.71. The van der Waals surface area contributed by atoms with Gasteiger partial charge in [0, 0.05) is 0 Å². The minimum absolute atomic E-state index is 0.194. The SMILES string of the molecule is CCOC(=O)Cc1ccc2c(c1)sc(N)[n+]2C. The highest BCUT2D eigenvalue weighted by Crippen LogP contribution is 2.22. The van der Waals surface area contributed by atoms with E-state index in [0.29, 0.717) is 13.0 Å². The highest BCUT2D eigenvalue weighted by molar-refractivity contribution is 7.21. The number of hydrogen-bond donors (Lipinski definition) is 1. The molecule has 0 aliphatic heterocycles. The van der Waals surface area contributed by atoms with Crippen LogP contribution in [-0.2, 0) is 23.0 Å². The molecular weight excluding hydrogens is 236 g/mol. The lowest BCUT2D eigenvalue weighted by molar-refractivity contribution is -0.626. The van der Waals surface area contributed by atoms with Crippen LogP contribution >= 0.6 is 11.3 Å². The number of thiazole rings is 1. The van der Waals surface area contributed by atoms with Crippen LogP contribution in [0, 0.1) is 0 Å². The van der Waals surface area contributed by atoms with Crippen molar-refractivity contribution in [3.8, 4) is 0 Å². The Morgan fingerprint density at radius 3 is 3.00 bits per heavy atom. The summed E-state index contributed by atoms with van der Waals surface area (Å²) < 4.78 is 7.95. The largest absolute Gasteiger partial charge is 0.466 e. The molecule has 0 saturated heterocycles. The van der Waals surface area contributed by atoms with Gasteiger partial charge >= 0.3 is 11.1 Å². The molecule has 0 unspecified atom stereocenters. The zero-order chi connectivity index (χ0) is 12.4. The van der Waals surface area contributed by atoms with E-state index in [-0.39, 0.29) is 5.97 Å². The molecule has 2 aromatic rings. The summed E-state index contributed by atoms with van der Waals surface area (Å²) in [6.45, 7) is 2.23. The van der Waals surface area contributed by atoms with Crippen LogP contribution in [0.3, 0.4) is 0 Å². The Labute approximate surface area is 104 Å². The molecule has 1 aromatic carbocycles. The van der Waals surface area contributed by atoms with Gasteiger partial charge in [0.25, 0.3) is 0 Å². The number of aromatic nitrogens is 1. The van der Waals surface area contributed by atoms with Crippen LogP contribution in [0.1, 0.15) is 12.5 Å². The van der Waals surface area contributed by atoms with E-state index >= 15 is 0 Å². The lowest BCUT2D eigenvalue weighted by Crippen LogP contribution is -2.29. The van der Waals surface area contributed by atoms with E-state index < -0.39 is 0 Å². The third-order valence-electron chi connectivity index (χ3n) is 2.58. The third kappa shape index (κ3) is 2.39. The number of carbonyl (C=O) groups excluding carboxylic acids is 1. The monoisotopic (exact) mass is 251 g/mol. The van der Waals surface area contributed by atoms with Crippen molar-refractivity contribution >= 4 is 32.7 Å². The predicted molar refractivity (Wildman–Crippen MR) is 67.8 cm³/mol. The zero-order valence-electron chi connectivity index (χ0n) is 9.90. The van der Waals surface area contributed by atoms with E-state index in [0.717, 1.165) is 20.9 Å². The molecule has 0 fully saturated rings. The van der Waals surface area contributed by atoms with Gasteiger partial charge in [0.1, 0.15) is 5.52 Å². The van der Waals surface area contributed by atoms with Crippen molar-refractivity contribution in [3.63, 3.8) is 0 Å².